The van der Waals surface area contributed by atoms with Crippen molar-refractivity contribution in [2.24, 2.45) is 0 Å². The van der Waals surface area contributed by atoms with Crippen molar-refractivity contribution in [2.45, 2.75) is 25.4 Å². The predicted molar refractivity (Wildman–Crippen MR) is 112 cm³/mol. The molecule has 0 amide bonds. The molecule has 144 valence electrons. The predicted octanol–water partition coefficient (Wildman–Crippen LogP) is 4.11. The third-order valence-electron chi connectivity index (χ3n) is 5.72. The minimum Gasteiger partial charge on any atom is -0.503 e. The van der Waals surface area contributed by atoms with Crippen LogP contribution in [0.1, 0.15) is 28.7 Å². The van der Waals surface area contributed by atoms with Crippen LogP contribution >= 0.6 is 0 Å². The topological polar surface area (TPSA) is 60.0 Å². The fourth-order valence-electron chi connectivity index (χ4n) is 4.43. The molecule has 2 aromatic carbocycles. The van der Waals surface area contributed by atoms with Crippen LogP contribution in [0.5, 0.6) is 5.75 Å². The molecule has 1 N–H and O–H groups in total. The second kappa shape index (κ2) is 6.78. The average Bonchev–Trinajstić information content (AvgIpc) is 3.20. The van der Waals surface area contributed by atoms with E-state index < -0.39 is 5.43 Å². The number of hydrogen-bond donors (Lipinski definition) is 1. The molecule has 5 rings (SSSR count). The number of fused-ring (bicyclic) bond motifs is 3. The second-order valence-electron chi connectivity index (χ2n) is 7.56. The number of hydrogen-bond acceptors (Lipinski definition) is 3. The molecule has 29 heavy (non-hydrogen) atoms. The standard InChI is InChI=1S/C24H21N3O2/c1-16-6-5-9-18(14-16)21(17-7-3-2-4-8-17)19-15-26-13-11-25-24(26)22-23(29)20(28)10-12-27(19)22/h2-14,19,21,29H,15H2,1H3/t19-,21?/m1/s1. The molecule has 2 atom stereocenters. The Morgan fingerprint density at radius 1 is 1.03 bits per heavy atom. The van der Waals surface area contributed by atoms with Gasteiger partial charge in [0.15, 0.2) is 11.6 Å². The number of aryl methyl sites for hydroxylation is 1. The summed E-state index contributed by atoms with van der Waals surface area (Å²) in [6.07, 6.45) is 5.40. The summed E-state index contributed by atoms with van der Waals surface area (Å²) in [5.41, 5.74) is 3.68. The summed E-state index contributed by atoms with van der Waals surface area (Å²) < 4.78 is 4.03. The van der Waals surface area contributed by atoms with Gasteiger partial charge in [-0.25, -0.2) is 4.98 Å². The van der Waals surface area contributed by atoms with E-state index in [1.54, 1.807) is 12.4 Å². The van der Waals surface area contributed by atoms with Crippen molar-refractivity contribution in [1.29, 1.82) is 0 Å². The number of rotatable bonds is 3. The molecule has 5 heteroatoms. The summed E-state index contributed by atoms with van der Waals surface area (Å²) in [7, 11) is 0. The van der Waals surface area contributed by atoms with Crippen LogP contribution in [0, 0.1) is 6.92 Å². The van der Waals surface area contributed by atoms with E-state index in [4.69, 9.17) is 0 Å². The van der Waals surface area contributed by atoms with Crippen molar-refractivity contribution in [3.05, 3.63) is 106 Å². The fraction of sp³-hybridized carbons (Fsp3) is 0.167. The number of imidazole rings is 1. The van der Waals surface area contributed by atoms with Crippen LogP contribution in [0.2, 0.25) is 0 Å². The van der Waals surface area contributed by atoms with E-state index in [2.05, 4.69) is 48.3 Å². The highest BCUT2D eigenvalue weighted by molar-refractivity contribution is 5.61. The van der Waals surface area contributed by atoms with Crippen LogP contribution in [-0.2, 0) is 6.54 Å². The molecule has 2 aromatic heterocycles. The molecule has 0 bridgehead atoms. The van der Waals surface area contributed by atoms with Crippen LogP contribution < -0.4 is 5.43 Å². The van der Waals surface area contributed by atoms with Gasteiger partial charge in [0.25, 0.3) is 0 Å². The molecule has 0 fully saturated rings. The smallest absolute Gasteiger partial charge is 0.223 e. The molecule has 0 saturated heterocycles. The minimum atomic E-state index is -0.390. The van der Waals surface area contributed by atoms with Gasteiger partial charge in [-0.3, -0.25) is 4.79 Å². The maximum atomic E-state index is 12.2. The van der Waals surface area contributed by atoms with E-state index in [-0.39, 0.29) is 17.7 Å². The van der Waals surface area contributed by atoms with E-state index in [9.17, 15) is 9.90 Å². The van der Waals surface area contributed by atoms with Crippen LogP contribution in [0.25, 0.3) is 11.5 Å². The van der Waals surface area contributed by atoms with E-state index in [1.165, 1.54) is 22.8 Å². The lowest BCUT2D eigenvalue weighted by Gasteiger charge is -2.36. The van der Waals surface area contributed by atoms with Crippen molar-refractivity contribution in [3.8, 4) is 17.3 Å². The van der Waals surface area contributed by atoms with Gasteiger partial charge in [-0.05, 0) is 18.1 Å². The van der Waals surface area contributed by atoms with Gasteiger partial charge < -0.3 is 14.2 Å². The first-order valence-corrected chi connectivity index (χ1v) is 9.70. The zero-order valence-electron chi connectivity index (χ0n) is 16.1. The molecular formula is C24H21N3O2. The quantitative estimate of drug-likeness (QED) is 0.579. The van der Waals surface area contributed by atoms with Crippen LogP contribution in [0.3, 0.4) is 0 Å². The molecule has 0 spiro atoms. The Hall–Kier alpha value is -3.60. The molecule has 5 nitrogen and oxygen atoms in total. The third kappa shape index (κ3) is 2.86. The number of benzene rings is 2. The maximum Gasteiger partial charge on any atom is 0.223 e. The first-order valence-electron chi connectivity index (χ1n) is 9.70. The molecule has 0 radical (unpaired) electrons. The Bertz CT molecular complexity index is 1240. The first kappa shape index (κ1) is 17.5. The Labute approximate surface area is 168 Å². The molecule has 0 saturated carbocycles. The van der Waals surface area contributed by atoms with E-state index >= 15 is 0 Å². The molecule has 1 unspecified atom stereocenters. The lowest BCUT2D eigenvalue weighted by molar-refractivity contribution is 0.363. The summed E-state index contributed by atoms with van der Waals surface area (Å²) in [5.74, 6) is 0.417. The number of pyridine rings is 1. The monoisotopic (exact) mass is 383 g/mol. The maximum absolute atomic E-state index is 12.2. The summed E-state index contributed by atoms with van der Waals surface area (Å²) in [5, 5.41) is 10.6. The van der Waals surface area contributed by atoms with Crippen molar-refractivity contribution in [3.63, 3.8) is 0 Å². The Morgan fingerprint density at radius 3 is 2.62 bits per heavy atom. The summed E-state index contributed by atoms with van der Waals surface area (Å²) >= 11 is 0. The van der Waals surface area contributed by atoms with Crippen LogP contribution in [-0.4, -0.2) is 19.2 Å². The van der Waals surface area contributed by atoms with E-state index in [0.29, 0.717) is 18.1 Å². The molecule has 0 aliphatic carbocycles. The normalized spacial score (nSPS) is 16.1. The molecular weight excluding hydrogens is 362 g/mol. The van der Waals surface area contributed by atoms with Gasteiger partial charge in [-0.1, -0.05) is 60.2 Å². The number of aromatic hydroxyl groups is 1. The van der Waals surface area contributed by atoms with E-state index in [0.717, 1.165) is 0 Å². The Balaban J connectivity index is 1.76. The van der Waals surface area contributed by atoms with Crippen molar-refractivity contribution < 1.29 is 5.11 Å². The highest BCUT2D eigenvalue weighted by atomic mass is 16.3. The summed E-state index contributed by atoms with van der Waals surface area (Å²) in [6.45, 7) is 2.79. The lowest BCUT2D eigenvalue weighted by atomic mass is 9.83. The molecule has 4 aromatic rings. The molecule has 3 heterocycles. The lowest BCUT2D eigenvalue weighted by Crippen LogP contribution is -2.30. The number of aromatic nitrogens is 3. The highest BCUT2D eigenvalue weighted by Gasteiger charge is 2.34. The zero-order chi connectivity index (χ0) is 20.0. The summed E-state index contributed by atoms with van der Waals surface area (Å²) in [6, 6.07) is 20.3. The summed E-state index contributed by atoms with van der Waals surface area (Å²) in [4.78, 5) is 16.6. The fourth-order valence-corrected chi connectivity index (χ4v) is 4.43. The SMILES string of the molecule is Cc1cccc(C(c2ccccc2)[C@H]2Cn3ccnc3-c3c(O)c(=O)ccn32)c1. The third-order valence-corrected chi connectivity index (χ3v) is 5.72. The van der Waals surface area contributed by atoms with Gasteiger partial charge in [0, 0.05) is 37.1 Å². The molecule has 1 aliphatic rings. The van der Waals surface area contributed by atoms with Gasteiger partial charge in [0.05, 0.1) is 6.04 Å². The zero-order valence-corrected chi connectivity index (χ0v) is 16.1. The van der Waals surface area contributed by atoms with Crippen molar-refractivity contribution >= 4 is 0 Å². The van der Waals surface area contributed by atoms with Crippen LogP contribution in [0.15, 0.2) is 84.0 Å². The van der Waals surface area contributed by atoms with Gasteiger partial charge in [0.1, 0.15) is 5.69 Å². The van der Waals surface area contributed by atoms with Crippen LogP contribution in [0.4, 0.5) is 0 Å². The highest BCUT2D eigenvalue weighted by Crippen LogP contribution is 2.43. The second-order valence-corrected chi connectivity index (χ2v) is 7.56. The van der Waals surface area contributed by atoms with Gasteiger partial charge in [-0.2, -0.15) is 0 Å². The number of nitrogens with zero attached hydrogens (tertiary/aromatic N) is 3. The minimum absolute atomic E-state index is 0.0256. The first-order chi connectivity index (χ1) is 14.1. The Kier molecular flexibility index (Phi) is 4.09. The van der Waals surface area contributed by atoms with Crippen molar-refractivity contribution in [1.82, 2.24) is 14.1 Å². The van der Waals surface area contributed by atoms with Crippen molar-refractivity contribution in [2.75, 3.05) is 0 Å². The average molecular weight is 383 g/mol. The van der Waals surface area contributed by atoms with Gasteiger partial charge >= 0.3 is 0 Å². The van der Waals surface area contributed by atoms with Gasteiger partial charge in [-0.15, -0.1) is 0 Å². The van der Waals surface area contributed by atoms with E-state index in [1.807, 2.05) is 33.5 Å². The largest absolute Gasteiger partial charge is 0.503 e. The molecule has 1 aliphatic heterocycles. The Morgan fingerprint density at radius 2 is 1.83 bits per heavy atom. The van der Waals surface area contributed by atoms with Gasteiger partial charge in [0.2, 0.25) is 5.43 Å².